The second-order valence-electron chi connectivity index (χ2n) is 9.14. The van der Waals surface area contributed by atoms with Gasteiger partial charge in [0.25, 0.3) is 0 Å². The molecule has 36 heavy (non-hydrogen) atoms. The average molecular weight is 501 g/mol. The third-order valence-electron chi connectivity index (χ3n) is 6.55. The van der Waals surface area contributed by atoms with E-state index in [1.54, 1.807) is 50.3 Å². The first-order valence-corrected chi connectivity index (χ1v) is 12.5. The molecule has 3 amide bonds. The van der Waals surface area contributed by atoms with E-state index in [4.69, 9.17) is 4.74 Å². The van der Waals surface area contributed by atoms with E-state index in [1.165, 1.54) is 16.7 Å². The maximum atomic E-state index is 13.0. The zero-order valence-electron chi connectivity index (χ0n) is 22.3. The second kappa shape index (κ2) is 14.4. The summed E-state index contributed by atoms with van der Waals surface area (Å²) in [5.74, 6) is -0.585. The summed E-state index contributed by atoms with van der Waals surface area (Å²) in [6.45, 7) is 3.37. The summed E-state index contributed by atoms with van der Waals surface area (Å²) in [6.07, 6.45) is 4.22. The molecule has 0 spiro atoms. The molecule has 0 bridgehead atoms. The number of rotatable bonds is 13. The number of carbonyl (C=O) groups is 4. The Morgan fingerprint density at radius 3 is 2.19 bits per heavy atom. The van der Waals surface area contributed by atoms with E-state index in [0.29, 0.717) is 37.6 Å². The lowest BCUT2D eigenvalue weighted by molar-refractivity contribution is -0.135. The highest BCUT2D eigenvalue weighted by molar-refractivity contribution is 6.10. The van der Waals surface area contributed by atoms with Crippen molar-refractivity contribution < 1.29 is 23.9 Å². The van der Waals surface area contributed by atoms with Crippen LogP contribution in [0.1, 0.15) is 55.8 Å². The number of nitrogens with one attached hydrogen (secondary N) is 1. The molecule has 1 aliphatic carbocycles. The first-order chi connectivity index (χ1) is 17.1. The first kappa shape index (κ1) is 29.0. The quantitative estimate of drug-likeness (QED) is 0.254. The summed E-state index contributed by atoms with van der Waals surface area (Å²) >= 11 is 0. The van der Waals surface area contributed by atoms with Gasteiger partial charge < -0.3 is 24.8 Å². The van der Waals surface area contributed by atoms with Gasteiger partial charge in [0.2, 0.25) is 17.7 Å². The van der Waals surface area contributed by atoms with Gasteiger partial charge in [0.05, 0.1) is 6.61 Å². The minimum Gasteiger partial charge on any atom is -0.391 e. The van der Waals surface area contributed by atoms with Crippen LogP contribution in [-0.2, 0) is 19.1 Å². The van der Waals surface area contributed by atoms with Crippen molar-refractivity contribution in [2.45, 2.75) is 45.4 Å². The molecule has 9 nitrogen and oxygen atoms in total. The highest BCUT2D eigenvalue weighted by atomic mass is 16.5. The average Bonchev–Trinajstić information content (AvgIpc) is 2.89. The largest absolute Gasteiger partial charge is 0.391 e. The molecule has 1 N–H and O–H groups in total. The fraction of sp³-hybridized carbons (Fsp3) is 0.556. The second-order valence-corrected chi connectivity index (χ2v) is 9.14. The molecule has 0 saturated carbocycles. The van der Waals surface area contributed by atoms with Crippen molar-refractivity contribution in [3.8, 4) is 0 Å². The summed E-state index contributed by atoms with van der Waals surface area (Å²) in [5, 5.41) is 3.15. The van der Waals surface area contributed by atoms with Gasteiger partial charge in [-0.15, -0.1) is 0 Å². The minimum atomic E-state index is -0.327. The lowest BCUT2D eigenvalue weighted by atomic mass is 9.90. The van der Waals surface area contributed by atoms with Gasteiger partial charge in [-0.05, 0) is 56.4 Å². The number of hydrogen-bond acceptors (Lipinski definition) is 6. The molecule has 1 aromatic carbocycles. The van der Waals surface area contributed by atoms with E-state index in [0.717, 1.165) is 43.4 Å². The SMILES string of the molecule is CNC1=C(C(=O)c2ccc(N(C)C(=O)CC(=O)N(C)CCOCCCN(C)C(C)=O)cc2)CCCC1. The van der Waals surface area contributed by atoms with Crippen LogP contribution in [0.2, 0.25) is 0 Å². The molecule has 0 saturated heterocycles. The predicted octanol–water partition coefficient (Wildman–Crippen LogP) is 2.61. The van der Waals surface area contributed by atoms with Gasteiger partial charge >= 0.3 is 0 Å². The third kappa shape index (κ3) is 8.48. The summed E-state index contributed by atoms with van der Waals surface area (Å²) in [7, 11) is 6.85. The molecule has 1 aliphatic rings. The topological polar surface area (TPSA) is 99.3 Å². The van der Waals surface area contributed by atoms with Gasteiger partial charge in [-0.25, -0.2) is 0 Å². The summed E-state index contributed by atoms with van der Waals surface area (Å²) in [5.41, 5.74) is 3.06. The molecule has 0 fully saturated rings. The van der Waals surface area contributed by atoms with Crippen molar-refractivity contribution in [3.05, 3.63) is 41.1 Å². The lowest BCUT2D eigenvalue weighted by Crippen LogP contribution is -2.36. The van der Waals surface area contributed by atoms with E-state index in [-0.39, 0.29) is 29.9 Å². The normalized spacial score (nSPS) is 13.2. The van der Waals surface area contributed by atoms with Gasteiger partial charge in [0.1, 0.15) is 6.42 Å². The van der Waals surface area contributed by atoms with Crippen LogP contribution in [0.4, 0.5) is 5.69 Å². The van der Waals surface area contributed by atoms with Crippen molar-refractivity contribution in [2.24, 2.45) is 0 Å². The Bertz CT molecular complexity index is 957. The van der Waals surface area contributed by atoms with Crippen LogP contribution in [0.25, 0.3) is 0 Å². The number of benzene rings is 1. The van der Waals surface area contributed by atoms with Crippen LogP contribution in [0.3, 0.4) is 0 Å². The first-order valence-electron chi connectivity index (χ1n) is 12.5. The Balaban J connectivity index is 1.81. The third-order valence-corrected chi connectivity index (χ3v) is 6.55. The van der Waals surface area contributed by atoms with Crippen LogP contribution in [0, 0.1) is 0 Å². The molecule has 0 radical (unpaired) electrons. The summed E-state index contributed by atoms with van der Waals surface area (Å²) in [4.78, 5) is 53.8. The van der Waals surface area contributed by atoms with Crippen molar-refractivity contribution in [2.75, 3.05) is 59.4 Å². The fourth-order valence-corrected chi connectivity index (χ4v) is 3.96. The smallest absolute Gasteiger partial charge is 0.236 e. The Morgan fingerprint density at radius 2 is 1.56 bits per heavy atom. The summed E-state index contributed by atoms with van der Waals surface area (Å²) < 4.78 is 5.53. The van der Waals surface area contributed by atoms with Crippen molar-refractivity contribution in [1.82, 2.24) is 15.1 Å². The number of ketones is 1. The zero-order chi connectivity index (χ0) is 26.7. The molecule has 0 aromatic heterocycles. The van der Waals surface area contributed by atoms with E-state index < -0.39 is 0 Å². The van der Waals surface area contributed by atoms with Crippen molar-refractivity contribution in [3.63, 3.8) is 0 Å². The van der Waals surface area contributed by atoms with Gasteiger partial charge in [0, 0.05) is 77.3 Å². The van der Waals surface area contributed by atoms with Gasteiger partial charge in [-0.3, -0.25) is 19.2 Å². The Labute approximate surface area is 214 Å². The predicted molar refractivity (Wildman–Crippen MR) is 140 cm³/mol. The highest BCUT2D eigenvalue weighted by Crippen LogP contribution is 2.26. The number of carbonyl (C=O) groups excluding carboxylic acids is 4. The van der Waals surface area contributed by atoms with E-state index in [2.05, 4.69) is 5.32 Å². The highest BCUT2D eigenvalue weighted by Gasteiger charge is 2.21. The Kier molecular flexibility index (Phi) is 11.6. The number of anilines is 1. The van der Waals surface area contributed by atoms with E-state index in [1.807, 2.05) is 7.05 Å². The van der Waals surface area contributed by atoms with Crippen LogP contribution in [-0.4, -0.2) is 87.8 Å². The van der Waals surface area contributed by atoms with Gasteiger partial charge in [0.15, 0.2) is 5.78 Å². The Hall–Kier alpha value is -3.20. The monoisotopic (exact) mass is 500 g/mol. The Morgan fingerprint density at radius 1 is 0.889 bits per heavy atom. The molecule has 198 valence electrons. The maximum Gasteiger partial charge on any atom is 0.236 e. The molecular weight excluding hydrogens is 460 g/mol. The number of hydrogen-bond donors (Lipinski definition) is 1. The molecule has 0 atom stereocenters. The zero-order valence-corrected chi connectivity index (χ0v) is 22.3. The number of Topliss-reactive ketones (excluding diaryl/α,β-unsaturated/α-hetero) is 1. The number of nitrogens with zero attached hydrogens (tertiary/aromatic N) is 3. The molecule has 0 heterocycles. The standard InChI is InChI=1S/C27H40N4O5/c1-20(32)29(3)15-8-17-36-18-16-30(4)25(33)19-26(34)31(5)22-13-11-21(12-14-22)27(35)23-9-6-7-10-24(23)28-2/h11-14,28H,6-10,15-19H2,1-5H3. The maximum absolute atomic E-state index is 13.0. The fourth-order valence-electron chi connectivity index (χ4n) is 3.96. The molecule has 9 heteroatoms. The van der Waals surface area contributed by atoms with Gasteiger partial charge in [-0.2, -0.15) is 0 Å². The summed E-state index contributed by atoms with van der Waals surface area (Å²) in [6, 6.07) is 6.93. The van der Waals surface area contributed by atoms with E-state index in [9.17, 15) is 19.2 Å². The van der Waals surface area contributed by atoms with Crippen LogP contribution in [0.5, 0.6) is 0 Å². The molecular formula is C27H40N4O5. The van der Waals surface area contributed by atoms with Crippen molar-refractivity contribution >= 4 is 29.2 Å². The number of amides is 3. The van der Waals surface area contributed by atoms with Crippen LogP contribution >= 0.6 is 0 Å². The molecule has 0 unspecified atom stereocenters. The minimum absolute atomic E-state index is 0.0135. The van der Waals surface area contributed by atoms with E-state index >= 15 is 0 Å². The lowest BCUT2D eigenvalue weighted by Gasteiger charge is -2.21. The molecule has 2 rings (SSSR count). The number of ether oxygens (including phenoxy) is 1. The number of likely N-dealkylation sites (N-methyl/N-ethyl adjacent to an activating group) is 1. The van der Waals surface area contributed by atoms with Gasteiger partial charge in [-0.1, -0.05) is 0 Å². The molecule has 1 aromatic rings. The van der Waals surface area contributed by atoms with Crippen LogP contribution in [0.15, 0.2) is 35.5 Å². The number of allylic oxidation sites excluding steroid dienone is 2. The van der Waals surface area contributed by atoms with Crippen molar-refractivity contribution in [1.29, 1.82) is 0 Å². The van der Waals surface area contributed by atoms with Crippen LogP contribution < -0.4 is 10.2 Å². The molecule has 0 aliphatic heterocycles.